The van der Waals surface area contributed by atoms with Gasteiger partial charge in [-0.1, -0.05) is 0 Å². The second kappa shape index (κ2) is 7.69. The molecule has 0 unspecified atom stereocenters. The summed E-state index contributed by atoms with van der Waals surface area (Å²) < 4.78 is 0. The molecule has 2 amide bonds. The van der Waals surface area contributed by atoms with E-state index in [-0.39, 0.29) is 11.8 Å². The lowest BCUT2D eigenvalue weighted by Gasteiger charge is -2.29. The summed E-state index contributed by atoms with van der Waals surface area (Å²) in [5.41, 5.74) is 0.826. The van der Waals surface area contributed by atoms with E-state index >= 15 is 0 Å². The molecule has 1 fully saturated rings. The summed E-state index contributed by atoms with van der Waals surface area (Å²) in [6.07, 6.45) is 2.47. The van der Waals surface area contributed by atoms with Crippen LogP contribution in [0.25, 0.3) is 0 Å². The number of anilines is 2. The van der Waals surface area contributed by atoms with E-state index in [1.165, 1.54) is 18.5 Å². The molecule has 5 nitrogen and oxygen atoms in total. The number of rotatable bonds is 6. The summed E-state index contributed by atoms with van der Waals surface area (Å²) in [5.74, 6) is -0.410. The van der Waals surface area contributed by atoms with Crippen molar-refractivity contribution in [1.82, 2.24) is 4.90 Å². The van der Waals surface area contributed by atoms with Gasteiger partial charge in [0, 0.05) is 37.6 Å². The fourth-order valence-corrected chi connectivity index (χ4v) is 3.02. The third kappa shape index (κ3) is 3.89. The maximum absolute atomic E-state index is 12.6. The Balaban J connectivity index is 2.03. The van der Waals surface area contributed by atoms with E-state index in [0.717, 1.165) is 18.8 Å². The van der Waals surface area contributed by atoms with Gasteiger partial charge in [0.1, 0.15) is 5.41 Å². The van der Waals surface area contributed by atoms with Gasteiger partial charge >= 0.3 is 0 Å². The van der Waals surface area contributed by atoms with Crippen LogP contribution in [0.5, 0.6) is 0 Å². The van der Waals surface area contributed by atoms with Crippen molar-refractivity contribution in [3.8, 4) is 0 Å². The maximum Gasteiger partial charge on any atom is 0.239 e. The number of hydrogen-bond donors (Lipinski definition) is 1. The standard InChI is InChI=1S/C19H29N3O2/c1-5-21(6-2)18(24)19(3,4)17(23)20-15-9-11-16(12-10-15)22-13-7-8-14-22/h9-12H,5-8,13-14H2,1-4H3,(H,20,23). The number of benzene rings is 1. The first-order valence-electron chi connectivity index (χ1n) is 8.86. The summed E-state index contributed by atoms with van der Waals surface area (Å²) in [4.78, 5) is 29.2. The largest absolute Gasteiger partial charge is 0.372 e. The van der Waals surface area contributed by atoms with Gasteiger partial charge in [0.05, 0.1) is 0 Å². The van der Waals surface area contributed by atoms with Crippen LogP contribution >= 0.6 is 0 Å². The summed E-state index contributed by atoms with van der Waals surface area (Å²) >= 11 is 0. The molecule has 0 saturated carbocycles. The van der Waals surface area contributed by atoms with Crippen molar-refractivity contribution < 1.29 is 9.59 Å². The van der Waals surface area contributed by atoms with E-state index in [1.807, 2.05) is 38.1 Å². The van der Waals surface area contributed by atoms with E-state index < -0.39 is 5.41 Å². The SMILES string of the molecule is CCN(CC)C(=O)C(C)(C)C(=O)Nc1ccc(N2CCCC2)cc1. The molecule has 2 rings (SSSR count). The van der Waals surface area contributed by atoms with Gasteiger partial charge in [-0.05, 0) is 64.8 Å². The first kappa shape index (κ1) is 18.3. The Kier molecular flexibility index (Phi) is 5.86. The van der Waals surface area contributed by atoms with Crippen LogP contribution in [-0.4, -0.2) is 42.9 Å². The average molecular weight is 331 g/mol. The molecule has 24 heavy (non-hydrogen) atoms. The average Bonchev–Trinajstić information content (AvgIpc) is 3.11. The molecule has 1 aromatic rings. The third-order valence-corrected chi connectivity index (χ3v) is 4.75. The molecule has 1 heterocycles. The molecule has 1 aromatic carbocycles. The predicted octanol–water partition coefficient (Wildman–Crippen LogP) is 3.12. The Labute approximate surface area is 145 Å². The zero-order chi connectivity index (χ0) is 17.7. The molecule has 1 saturated heterocycles. The number of amides is 2. The third-order valence-electron chi connectivity index (χ3n) is 4.75. The van der Waals surface area contributed by atoms with Crippen LogP contribution in [-0.2, 0) is 9.59 Å². The van der Waals surface area contributed by atoms with Gasteiger partial charge in [0.25, 0.3) is 0 Å². The van der Waals surface area contributed by atoms with E-state index in [0.29, 0.717) is 13.1 Å². The highest BCUT2D eigenvalue weighted by atomic mass is 16.2. The summed E-state index contributed by atoms with van der Waals surface area (Å²) in [6, 6.07) is 7.87. The van der Waals surface area contributed by atoms with Crippen LogP contribution in [0.2, 0.25) is 0 Å². The monoisotopic (exact) mass is 331 g/mol. The molecule has 0 aromatic heterocycles. The number of carbonyl (C=O) groups is 2. The van der Waals surface area contributed by atoms with Gasteiger partial charge in [0.2, 0.25) is 11.8 Å². The maximum atomic E-state index is 12.6. The minimum Gasteiger partial charge on any atom is -0.372 e. The van der Waals surface area contributed by atoms with Crippen LogP contribution in [0.3, 0.4) is 0 Å². The Hall–Kier alpha value is -2.04. The predicted molar refractivity (Wildman–Crippen MR) is 98.2 cm³/mol. The van der Waals surface area contributed by atoms with Crippen molar-refractivity contribution in [2.24, 2.45) is 5.41 Å². The van der Waals surface area contributed by atoms with Crippen molar-refractivity contribution in [1.29, 1.82) is 0 Å². The fraction of sp³-hybridized carbons (Fsp3) is 0.579. The van der Waals surface area contributed by atoms with Crippen molar-refractivity contribution >= 4 is 23.2 Å². The summed E-state index contributed by atoms with van der Waals surface area (Å²) in [6.45, 7) is 10.6. The lowest BCUT2D eigenvalue weighted by Crippen LogP contribution is -2.47. The van der Waals surface area contributed by atoms with Gasteiger partial charge in [-0.3, -0.25) is 9.59 Å². The molecule has 0 spiro atoms. The number of nitrogens with zero attached hydrogens (tertiary/aromatic N) is 2. The van der Waals surface area contributed by atoms with Gasteiger partial charge in [-0.25, -0.2) is 0 Å². The lowest BCUT2D eigenvalue weighted by molar-refractivity contribution is -0.146. The van der Waals surface area contributed by atoms with E-state index in [9.17, 15) is 9.59 Å². The number of carbonyl (C=O) groups excluding carboxylic acids is 2. The van der Waals surface area contributed by atoms with Gasteiger partial charge in [-0.2, -0.15) is 0 Å². The Morgan fingerprint density at radius 1 is 1.08 bits per heavy atom. The van der Waals surface area contributed by atoms with Crippen LogP contribution in [0.1, 0.15) is 40.5 Å². The molecular weight excluding hydrogens is 302 g/mol. The molecule has 1 aliphatic heterocycles. The molecule has 5 heteroatoms. The van der Waals surface area contributed by atoms with Crippen LogP contribution in [0.15, 0.2) is 24.3 Å². The second-order valence-electron chi connectivity index (χ2n) is 6.80. The summed E-state index contributed by atoms with van der Waals surface area (Å²) in [5, 5.41) is 2.88. The fourth-order valence-electron chi connectivity index (χ4n) is 3.02. The zero-order valence-corrected chi connectivity index (χ0v) is 15.3. The van der Waals surface area contributed by atoms with E-state index in [4.69, 9.17) is 0 Å². The Bertz CT molecular complexity index is 571. The second-order valence-corrected chi connectivity index (χ2v) is 6.80. The minimum absolute atomic E-state index is 0.140. The highest BCUT2D eigenvalue weighted by Crippen LogP contribution is 2.25. The molecule has 0 atom stereocenters. The quantitative estimate of drug-likeness (QED) is 0.815. The zero-order valence-electron chi connectivity index (χ0n) is 15.3. The highest BCUT2D eigenvalue weighted by Gasteiger charge is 2.38. The van der Waals surface area contributed by atoms with Crippen molar-refractivity contribution in [3.63, 3.8) is 0 Å². The molecule has 0 radical (unpaired) electrons. The summed E-state index contributed by atoms with van der Waals surface area (Å²) in [7, 11) is 0. The number of nitrogens with one attached hydrogen (secondary N) is 1. The molecule has 0 bridgehead atoms. The van der Waals surface area contributed by atoms with Crippen LogP contribution in [0, 0.1) is 5.41 Å². The van der Waals surface area contributed by atoms with Crippen molar-refractivity contribution in [3.05, 3.63) is 24.3 Å². The first-order chi connectivity index (χ1) is 11.4. The highest BCUT2D eigenvalue weighted by molar-refractivity contribution is 6.09. The lowest BCUT2D eigenvalue weighted by atomic mass is 9.90. The Morgan fingerprint density at radius 2 is 1.62 bits per heavy atom. The first-order valence-corrected chi connectivity index (χ1v) is 8.86. The molecule has 1 N–H and O–H groups in total. The van der Waals surface area contributed by atoms with Gasteiger partial charge in [0.15, 0.2) is 0 Å². The van der Waals surface area contributed by atoms with E-state index in [2.05, 4.69) is 10.2 Å². The molecular formula is C19H29N3O2. The van der Waals surface area contributed by atoms with E-state index in [1.54, 1.807) is 18.7 Å². The van der Waals surface area contributed by atoms with Gasteiger partial charge in [-0.15, -0.1) is 0 Å². The molecule has 1 aliphatic rings. The van der Waals surface area contributed by atoms with Crippen LogP contribution in [0.4, 0.5) is 11.4 Å². The topological polar surface area (TPSA) is 52.7 Å². The van der Waals surface area contributed by atoms with Gasteiger partial charge < -0.3 is 15.1 Å². The minimum atomic E-state index is -1.08. The smallest absolute Gasteiger partial charge is 0.239 e. The van der Waals surface area contributed by atoms with Crippen molar-refractivity contribution in [2.45, 2.75) is 40.5 Å². The Morgan fingerprint density at radius 3 is 2.12 bits per heavy atom. The number of hydrogen-bond acceptors (Lipinski definition) is 3. The molecule has 132 valence electrons. The molecule has 0 aliphatic carbocycles. The normalized spacial score (nSPS) is 14.6. The van der Waals surface area contributed by atoms with Crippen molar-refractivity contribution in [2.75, 3.05) is 36.4 Å². The van der Waals surface area contributed by atoms with Crippen LogP contribution < -0.4 is 10.2 Å².